The Hall–Kier alpha value is -2.62. The van der Waals surface area contributed by atoms with Crippen LogP contribution in [0, 0.1) is 11.8 Å². The Morgan fingerprint density at radius 3 is 2.69 bits per heavy atom. The number of nitrogens with zero attached hydrogens (tertiary/aromatic N) is 2. The van der Waals surface area contributed by atoms with Crippen molar-refractivity contribution in [3.05, 3.63) is 59.4 Å². The molecule has 1 N–H and O–H groups in total. The summed E-state index contributed by atoms with van der Waals surface area (Å²) < 4.78 is 43.3. The van der Waals surface area contributed by atoms with Crippen LogP contribution in [0.4, 0.5) is 13.2 Å². The van der Waals surface area contributed by atoms with Gasteiger partial charge in [0.05, 0.1) is 22.7 Å². The molecule has 0 spiro atoms. The number of ether oxygens (including phenoxy) is 1. The number of nitrogens with one attached hydrogen (secondary N) is 1. The first-order valence-corrected chi connectivity index (χ1v) is 10.9. The molecular weight excluding hydrogens is 491 g/mol. The maximum atomic E-state index is 13.0. The zero-order chi connectivity index (χ0) is 23.3. The number of carbonyl (C=O) groups is 2. The Labute approximate surface area is 192 Å². The third kappa shape index (κ3) is 6.44. The van der Waals surface area contributed by atoms with E-state index >= 15 is 0 Å². The molecule has 2 aromatic rings. The lowest BCUT2D eigenvalue weighted by Gasteiger charge is -2.20. The van der Waals surface area contributed by atoms with Crippen LogP contribution in [0.3, 0.4) is 0 Å². The summed E-state index contributed by atoms with van der Waals surface area (Å²) in [5.41, 5.74) is 1.11. The quantitative estimate of drug-likeness (QED) is 0.529. The molecular formula is C22H23BrF3N3O3. The smallest absolute Gasteiger partial charge is 0.406 e. The average Bonchev–Trinajstić information content (AvgIpc) is 3.17. The van der Waals surface area contributed by atoms with Crippen molar-refractivity contribution in [3.8, 4) is 5.75 Å². The summed E-state index contributed by atoms with van der Waals surface area (Å²) in [4.78, 5) is 29.6. The molecule has 2 unspecified atom stereocenters. The Kier molecular flexibility index (Phi) is 7.76. The lowest BCUT2D eigenvalue weighted by atomic mass is 9.97. The minimum Gasteiger partial charge on any atom is -0.406 e. The second-order valence-corrected chi connectivity index (χ2v) is 8.64. The van der Waals surface area contributed by atoms with E-state index in [-0.39, 0.29) is 36.4 Å². The van der Waals surface area contributed by atoms with Gasteiger partial charge in [-0.05, 0) is 48.1 Å². The van der Waals surface area contributed by atoms with Crippen molar-refractivity contribution in [3.63, 3.8) is 0 Å². The third-order valence-electron chi connectivity index (χ3n) is 5.46. The molecule has 1 aromatic heterocycles. The van der Waals surface area contributed by atoms with Gasteiger partial charge in [-0.3, -0.25) is 18.5 Å². The van der Waals surface area contributed by atoms with E-state index in [1.165, 1.54) is 9.99 Å². The number of hydrogen-bond acceptors (Lipinski definition) is 4. The van der Waals surface area contributed by atoms with Gasteiger partial charge in [0.1, 0.15) is 5.75 Å². The van der Waals surface area contributed by atoms with Gasteiger partial charge in [-0.25, -0.2) is 0 Å². The van der Waals surface area contributed by atoms with Crippen molar-refractivity contribution in [2.24, 2.45) is 11.8 Å². The first-order valence-electron chi connectivity index (χ1n) is 10.2. The fraction of sp³-hybridized carbons (Fsp3) is 0.409. The van der Waals surface area contributed by atoms with E-state index in [4.69, 9.17) is 0 Å². The zero-order valence-corrected chi connectivity index (χ0v) is 18.9. The summed E-state index contributed by atoms with van der Waals surface area (Å²) in [7, 11) is 0. The topological polar surface area (TPSA) is 71.5 Å². The summed E-state index contributed by atoms with van der Waals surface area (Å²) in [5, 5.41) is 2.82. The minimum absolute atomic E-state index is 0.00714. The number of carbonyl (C=O) groups excluding carboxylic acids is 2. The molecule has 6 nitrogen and oxygen atoms in total. The molecule has 1 aliphatic rings. The van der Waals surface area contributed by atoms with Crippen LogP contribution in [0.2, 0.25) is 0 Å². The van der Waals surface area contributed by atoms with E-state index in [1.54, 1.807) is 24.5 Å². The molecule has 32 heavy (non-hydrogen) atoms. The standard InChI is InChI=1S/C22H23BrF3N3O3/c1-14-4-2-6-18(14)20(30)28-12-16-7-8-17(32-22(24,25)26)10-19(16)21(31)29(23)13-15-5-3-9-27-11-15/h3,5,7-11,14,18H,2,4,6,12-13H2,1H3,(H,28,30). The van der Waals surface area contributed by atoms with Gasteiger partial charge in [-0.2, -0.15) is 0 Å². The van der Waals surface area contributed by atoms with Crippen molar-refractivity contribution in [1.29, 1.82) is 0 Å². The number of amides is 2. The van der Waals surface area contributed by atoms with Crippen LogP contribution in [0.15, 0.2) is 42.7 Å². The molecule has 0 bridgehead atoms. The van der Waals surface area contributed by atoms with Crippen LogP contribution in [-0.4, -0.2) is 27.1 Å². The van der Waals surface area contributed by atoms with Gasteiger partial charge >= 0.3 is 6.36 Å². The zero-order valence-electron chi connectivity index (χ0n) is 17.4. The maximum Gasteiger partial charge on any atom is 0.573 e. The molecule has 1 heterocycles. The predicted octanol–water partition coefficient (Wildman–Crippen LogP) is 4.98. The number of hydrogen-bond donors (Lipinski definition) is 1. The normalized spacial score (nSPS) is 18.3. The van der Waals surface area contributed by atoms with E-state index in [0.29, 0.717) is 5.56 Å². The highest BCUT2D eigenvalue weighted by molar-refractivity contribution is 9.07. The van der Waals surface area contributed by atoms with Gasteiger partial charge in [0.25, 0.3) is 5.91 Å². The lowest BCUT2D eigenvalue weighted by molar-refractivity contribution is -0.274. The molecule has 1 aliphatic carbocycles. The summed E-state index contributed by atoms with van der Waals surface area (Å²) >= 11 is 3.18. The Bertz CT molecular complexity index is 956. The second kappa shape index (κ2) is 10.3. The number of pyridine rings is 1. The lowest BCUT2D eigenvalue weighted by Crippen LogP contribution is -2.32. The van der Waals surface area contributed by atoms with E-state index < -0.39 is 18.0 Å². The summed E-state index contributed by atoms with van der Waals surface area (Å²) in [5.74, 6) is -1.02. The number of aromatic nitrogens is 1. The molecule has 10 heteroatoms. The first-order chi connectivity index (χ1) is 15.1. The highest BCUT2D eigenvalue weighted by atomic mass is 79.9. The predicted molar refractivity (Wildman–Crippen MR) is 115 cm³/mol. The number of alkyl halides is 3. The fourth-order valence-electron chi connectivity index (χ4n) is 3.81. The molecule has 2 amide bonds. The van der Waals surface area contributed by atoms with Crippen molar-refractivity contribution in [2.75, 3.05) is 0 Å². The molecule has 1 aromatic carbocycles. The maximum absolute atomic E-state index is 13.0. The molecule has 0 radical (unpaired) electrons. The van der Waals surface area contributed by atoms with Gasteiger partial charge < -0.3 is 10.1 Å². The SMILES string of the molecule is CC1CCCC1C(=O)NCc1ccc(OC(F)(F)F)cc1C(=O)N(Br)Cc1cccnc1. The first kappa shape index (κ1) is 24.0. The molecule has 0 aliphatic heterocycles. The molecule has 1 saturated carbocycles. The van der Waals surface area contributed by atoms with Gasteiger partial charge in [0.15, 0.2) is 0 Å². The summed E-state index contributed by atoms with van der Waals surface area (Å²) in [6.45, 7) is 2.18. The van der Waals surface area contributed by atoms with E-state index in [2.05, 4.69) is 31.2 Å². The van der Waals surface area contributed by atoms with Crippen LogP contribution >= 0.6 is 16.1 Å². The van der Waals surface area contributed by atoms with Crippen LogP contribution in [-0.2, 0) is 17.9 Å². The van der Waals surface area contributed by atoms with Gasteiger partial charge in [0.2, 0.25) is 5.91 Å². The Balaban J connectivity index is 1.80. The minimum atomic E-state index is -4.89. The highest BCUT2D eigenvalue weighted by Gasteiger charge is 2.32. The largest absolute Gasteiger partial charge is 0.573 e. The molecule has 1 fully saturated rings. The number of rotatable bonds is 7. The van der Waals surface area contributed by atoms with Crippen molar-refractivity contribution in [1.82, 2.24) is 14.2 Å². The average molecular weight is 514 g/mol. The number of benzene rings is 1. The molecule has 172 valence electrons. The highest BCUT2D eigenvalue weighted by Crippen LogP contribution is 2.31. The Morgan fingerprint density at radius 1 is 1.28 bits per heavy atom. The van der Waals surface area contributed by atoms with Crippen LogP contribution in [0.5, 0.6) is 5.75 Å². The van der Waals surface area contributed by atoms with Crippen LogP contribution in [0.25, 0.3) is 0 Å². The third-order valence-corrected chi connectivity index (χ3v) is 6.03. The van der Waals surface area contributed by atoms with Crippen LogP contribution in [0.1, 0.15) is 47.7 Å². The van der Waals surface area contributed by atoms with Crippen LogP contribution < -0.4 is 10.1 Å². The molecule has 0 saturated heterocycles. The van der Waals surface area contributed by atoms with Gasteiger partial charge in [-0.1, -0.05) is 25.5 Å². The fourth-order valence-corrected chi connectivity index (χ4v) is 4.29. The second-order valence-electron chi connectivity index (χ2n) is 7.79. The van der Waals surface area contributed by atoms with E-state index in [9.17, 15) is 22.8 Å². The van der Waals surface area contributed by atoms with E-state index in [1.807, 2.05) is 6.92 Å². The van der Waals surface area contributed by atoms with Gasteiger partial charge in [-0.15, -0.1) is 13.2 Å². The van der Waals surface area contributed by atoms with Crippen molar-refractivity contribution in [2.45, 2.75) is 45.6 Å². The van der Waals surface area contributed by atoms with Crippen molar-refractivity contribution >= 4 is 28.0 Å². The molecule has 2 atom stereocenters. The van der Waals surface area contributed by atoms with E-state index in [0.717, 1.165) is 37.0 Å². The Morgan fingerprint density at radius 2 is 2.06 bits per heavy atom. The monoisotopic (exact) mass is 513 g/mol. The molecule has 3 rings (SSSR count). The number of halogens is 4. The summed E-state index contributed by atoms with van der Waals surface area (Å²) in [6.07, 6.45) is 1.05. The van der Waals surface area contributed by atoms with Crippen molar-refractivity contribution < 1.29 is 27.5 Å². The van der Waals surface area contributed by atoms with Gasteiger partial charge in [0, 0.05) is 30.4 Å². The summed E-state index contributed by atoms with van der Waals surface area (Å²) in [6, 6.07) is 7.00.